The fourth-order valence-electron chi connectivity index (χ4n) is 3.83. The van der Waals surface area contributed by atoms with Crippen molar-refractivity contribution >= 4 is 11.7 Å². The molecule has 0 saturated carbocycles. The number of nitrogens with one attached hydrogen (secondary N) is 1. The van der Waals surface area contributed by atoms with Gasteiger partial charge in [0.2, 0.25) is 0 Å². The van der Waals surface area contributed by atoms with Crippen molar-refractivity contribution in [2.45, 2.75) is 19.4 Å². The second-order valence-corrected chi connectivity index (χ2v) is 7.65. The zero-order chi connectivity index (χ0) is 21.4. The number of anilines is 1. The molecule has 1 unspecified atom stereocenters. The Kier molecular flexibility index (Phi) is 5.15. The van der Waals surface area contributed by atoms with Crippen LogP contribution >= 0.6 is 0 Å². The molecule has 8 heteroatoms. The van der Waals surface area contributed by atoms with Crippen LogP contribution in [0.15, 0.2) is 47.3 Å². The molecule has 3 aromatic rings. The number of amides is 1. The van der Waals surface area contributed by atoms with Crippen LogP contribution in [-0.2, 0) is 14.1 Å². The van der Waals surface area contributed by atoms with E-state index in [0.717, 1.165) is 35.7 Å². The third-order valence-electron chi connectivity index (χ3n) is 5.71. The summed E-state index contributed by atoms with van der Waals surface area (Å²) in [7, 11) is 3.52. The highest BCUT2D eigenvalue weighted by molar-refractivity contribution is 5.97. The highest BCUT2D eigenvalue weighted by Crippen LogP contribution is 2.25. The van der Waals surface area contributed by atoms with Crippen molar-refractivity contribution in [3.63, 3.8) is 0 Å². The molecule has 0 radical (unpaired) electrons. The molecule has 3 heterocycles. The van der Waals surface area contributed by atoms with Gasteiger partial charge in [-0.1, -0.05) is 0 Å². The van der Waals surface area contributed by atoms with Gasteiger partial charge in [0, 0.05) is 50.7 Å². The van der Waals surface area contributed by atoms with E-state index in [2.05, 4.69) is 15.3 Å². The molecule has 1 N–H and O–H groups in total. The van der Waals surface area contributed by atoms with Crippen LogP contribution in [0.5, 0.6) is 0 Å². The maximum Gasteiger partial charge on any atom is 0.266 e. The van der Waals surface area contributed by atoms with E-state index < -0.39 is 0 Å². The standard InChI is InChI=1S/C22H24FN5O2/c1-14-18(12-19(26(14)2)15-4-6-16(23)7-5-15)22(30)24-17-10-11-28(13-17)20-8-9-21(29)27(3)25-20/h4-9,12,17H,10-11,13H2,1-3H3,(H,24,30). The third-order valence-corrected chi connectivity index (χ3v) is 5.71. The molecule has 30 heavy (non-hydrogen) atoms. The Morgan fingerprint density at radius 1 is 1.17 bits per heavy atom. The van der Waals surface area contributed by atoms with Crippen molar-refractivity contribution in [2.24, 2.45) is 14.1 Å². The van der Waals surface area contributed by atoms with Crippen LogP contribution in [0.1, 0.15) is 22.5 Å². The lowest BCUT2D eigenvalue weighted by Gasteiger charge is -2.18. The number of benzene rings is 1. The zero-order valence-electron chi connectivity index (χ0n) is 17.2. The summed E-state index contributed by atoms with van der Waals surface area (Å²) >= 11 is 0. The first-order valence-electron chi connectivity index (χ1n) is 9.86. The van der Waals surface area contributed by atoms with Gasteiger partial charge in [0.25, 0.3) is 11.5 Å². The number of carbonyl (C=O) groups is 1. The molecule has 1 aromatic carbocycles. The lowest BCUT2D eigenvalue weighted by atomic mass is 10.1. The molecule has 1 fully saturated rings. The largest absolute Gasteiger partial charge is 0.353 e. The first kappa shape index (κ1) is 19.9. The summed E-state index contributed by atoms with van der Waals surface area (Å²) < 4.78 is 16.5. The number of halogens is 1. The lowest BCUT2D eigenvalue weighted by Crippen LogP contribution is -2.37. The second kappa shape index (κ2) is 7.78. The molecule has 1 atom stereocenters. The van der Waals surface area contributed by atoms with Gasteiger partial charge in [-0.3, -0.25) is 9.59 Å². The van der Waals surface area contributed by atoms with Gasteiger partial charge >= 0.3 is 0 Å². The van der Waals surface area contributed by atoms with Crippen molar-refractivity contribution in [1.29, 1.82) is 0 Å². The molecule has 0 aliphatic carbocycles. The van der Waals surface area contributed by atoms with Gasteiger partial charge in [-0.05, 0) is 55.3 Å². The molecule has 2 aromatic heterocycles. The van der Waals surface area contributed by atoms with E-state index in [1.807, 2.05) is 24.6 Å². The molecule has 0 bridgehead atoms. The van der Waals surface area contributed by atoms with Gasteiger partial charge in [0.15, 0.2) is 0 Å². The Bertz CT molecular complexity index is 1150. The molecular formula is C22H24FN5O2. The first-order valence-corrected chi connectivity index (χ1v) is 9.86. The number of hydrogen-bond acceptors (Lipinski definition) is 4. The number of aromatic nitrogens is 3. The van der Waals surface area contributed by atoms with Crippen molar-refractivity contribution in [2.75, 3.05) is 18.0 Å². The van der Waals surface area contributed by atoms with Crippen LogP contribution in [0.4, 0.5) is 10.2 Å². The first-order chi connectivity index (χ1) is 14.3. The van der Waals surface area contributed by atoms with Gasteiger partial charge in [-0.15, -0.1) is 0 Å². The third kappa shape index (κ3) is 3.72. The van der Waals surface area contributed by atoms with E-state index in [-0.39, 0.29) is 23.3 Å². The number of aryl methyl sites for hydroxylation is 1. The number of hydrogen-bond donors (Lipinski definition) is 1. The van der Waals surface area contributed by atoms with E-state index in [0.29, 0.717) is 12.1 Å². The average Bonchev–Trinajstić information content (AvgIpc) is 3.30. The van der Waals surface area contributed by atoms with Gasteiger partial charge in [-0.25, -0.2) is 9.07 Å². The molecule has 1 aliphatic heterocycles. The van der Waals surface area contributed by atoms with Gasteiger partial charge < -0.3 is 14.8 Å². The smallest absolute Gasteiger partial charge is 0.266 e. The van der Waals surface area contributed by atoms with Crippen molar-refractivity contribution < 1.29 is 9.18 Å². The molecular weight excluding hydrogens is 385 g/mol. The van der Waals surface area contributed by atoms with Crippen LogP contribution in [-0.4, -0.2) is 39.4 Å². The van der Waals surface area contributed by atoms with Gasteiger partial charge in [0.1, 0.15) is 11.6 Å². The molecule has 0 spiro atoms. The average molecular weight is 409 g/mol. The number of nitrogens with zero attached hydrogens (tertiary/aromatic N) is 4. The normalized spacial score (nSPS) is 16.1. The van der Waals surface area contributed by atoms with Crippen LogP contribution < -0.4 is 15.8 Å². The molecule has 156 valence electrons. The topological polar surface area (TPSA) is 72.2 Å². The Hall–Kier alpha value is -3.42. The highest BCUT2D eigenvalue weighted by Gasteiger charge is 2.27. The summed E-state index contributed by atoms with van der Waals surface area (Å²) in [5.74, 6) is 0.307. The van der Waals surface area contributed by atoms with Crippen LogP contribution in [0.3, 0.4) is 0 Å². The quantitative estimate of drug-likeness (QED) is 0.717. The lowest BCUT2D eigenvalue weighted by molar-refractivity contribution is 0.0939. The number of rotatable bonds is 4. The Balaban J connectivity index is 1.48. The van der Waals surface area contributed by atoms with Crippen molar-refractivity contribution in [3.05, 3.63) is 69.9 Å². The van der Waals surface area contributed by atoms with Crippen molar-refractivity contribution in [3.8, 4) is 11.3 Å². The van der Waals surface area contributed by atoms with Crippen LogP contribution in [0.2, 0.25) is 0 Å². The molecule has 1 amide bonds. The SMILES string of the molecule is Cc1c(C(=O)NC2CCN(c3ccc(=O)n(C)n3)C2)cc(-c2ccc(F)cc2)n1C. The predicted octanol–water partition coefficient (Wildman–Crippen LogP) is 2.24. The van der Waals surface area contributed by atoms with Crippen molar-refractivity contribution in [1.82, 2.24) is 19.7 Å². The van der Waals surface area contributed by atoms with E-state index in [9.17, 15) is 14.0 Å². The zero-order valence-corrected chi connectivity index (χ0v) is 17.2. The van der Waals surface area contributed by atoms with Gasteiger partial charge in [0.05, 0.1) is 5.56 Å². The second-order valence-electron chi connectivity index (χ2n) is 7.65. The number of carbonyl (C=O) groups excluding carboxylic acids is 1. The minimum Gasteiger partial charge on any atom is -0.353 e. The Labute approximate surface area is 173 Å². The van der Waals surface area contributed by atoms with Crippen LogP contribution in [0.25, 0.3) is 11.3 Å². The van der Waals surface area contributed by atoms with E-state index in [4.69, 9.17) is 0 Å². The summed E-state index contributed by atoms with van der Waals surface area (Å²) in [6.07, 6.45) is 0.799. The van der Waals surface area contributed by atoms with Crippen LogP contribution in [0, 0.1) is 12.7 Å². The van der Waals surface area contributed by atoms with E-state index in [1.165, 1.54) is 22.9 Å². The summed E-state index contributed by atoms with van der Waals surface area (Å²) in [5, 5.41) is 7.40. The molecule has 1 saturated heterocycles. The fourth-order valence-corrected chi connectivity index (χ4v) is 3.83. The summed E-state index contributed by atoms with van der Waals surface area (Å²) in [4.78, 5) is 26.5. The monoisotopic (exact) mass is 409 g/mol. The molecule has 7 nitrogen and oxygen atoms in total. The van der Waals surface area contributed by atoms with E-state index >= 15 is 0 Å². The summed E-state index contributed by atoms with van der Waals surface area (Å²) in [6.45, 7) is 3.29. The Morgan fingerprint density at radius 3 is 2.60 bits per heavy atom. The minimum atomic E-state index is -0.290. The summed E-state index contributed by atoms with van der Waals surface area (Å²) in [5.41, 5.74) is 3.02. The fraction of sp³-hybridized carbons (Fsp3) is 0.318. The predicted molar refractivity (Wildman–Crippen MR) is 113 cm³/mol. The molecule has 4 rings (SSSR count). The molecule has 1 aliphatic rings. The summed E-state index contributed by atoms with van der Waals surface area (Å²) in [6, 6.07) is 11.3. The van der Waals surface area contributed by atoms with Gasteiger partial charge in [-0.2, -0.15) is 5.10 Å². The maximum absolute atomic E-state index is 13.2. The Morgan fingerprint density at radius 2 is 1.90 bits per heavy atom. The maximum atomic E-state index is 13.2. The van der Waals surface area contributed by atoms with E-state index in [1.54, 1.807) is 25.2 Å². The highest BCUT2D eigenvalue weighted by atomic mass is 19.1. The minimum absolute atomic E-state index is 0.00888.